The lowest BCUT2D eigenvalue weighted by molar-refractivity contribution is -0.132. The van der Waals surface area contributed by atoms with Crippen LogP contribution in [0.1, 0.15) is 57.3 Å². The molecule has 0 saturated carbocycles. The van der Waals surface area contributed by atoms with Gasteiger partial charge in [-0.05, 0) is 51.0 Å². The number of hydrogen-bond acceptors (Lipinski definition) is 6. The second-order valence-electron chi connectivity index (χ2n) is 9.35. The van der Waals surface area contributed by atoms with Gasteiger partial charge >= 0.3 is 0 Å². The summed E-state index contributed by atoms with van der Waals surface area (Å²) < 4.78 is 0. The monoisotopic (exact) mass is 424 g/mol. The predicted octanol–water partition coefficient (Wildman–Crippen LogP) is 2.39. The molecule has 0 radical (unpaired) electrons. The highest BCUT2D eigenvalue weighted by atomic mass is 16.2. The number of nitrogens with zero attached hydrogens (tertiary/aromatic N) is 4. The van der Waals surface area contributed by atoms with Crippen molar-refractivity contribution in [2.24, 2.45) is 11.3 Å². The maximum atomic E-state index is 13.6. The van der Waals surface area contributed by atoms with Gasteiger partial charge in [0, 0.05) is 48.7 Å². The molecule has 1 amide bonds. The van der Waals surface area contributed by atoms with Gasteiger partial charge in [0.2, 0.25) is 11.9 Å². The molecule has 2 N–H and O–H groups in total. The van der Waals surface area contributed by atoms with Gasteiger partial charge in [-0.1, -0.05) is 13.8 Å². The van der Waals surface area contributed by atoms with Gasteiger partial charge in [-0.25, -0.2) is 15.0 Å². The summed E-state index contributed by atoms with van der Waals surface area (Å²) in [5.74, 6) is 1.40. The normalized spacial score (nSPS) is 24.7. The highest BCUT2D eigenvalue weighted by Gasteiger charge is 2.60. The fourth-order valence-electron chi connectivity index (χ4n) is 5.24. The Balaban J connectivity index is 1.52. The van der Waals surface area contributed by atoms with Crippen molar-refractivity contribution in [3.05, 3.63) is 46.4 Å². The van der Waals surface area contributed by atoms with Crippen LogP contribution < -0.4 is 15.8 Å². The summed E-state index contributed by atoms with van der Waals surface area (Å²) in [7, 11) is 0. The van der Waals surface area contributed by atoms with Gasteiger partial charge in [0.15, 0.2) is 0 Å². The van der Waals surface area contributed by atoms with Gasteiger partial charge in [-0.3, -0.25) is 9.59 Å². The highest BCUT2D eigenvalue weighted by molar-refractivity contribution is 5.85. The maximum Gasteiger partial charge on any atom is 0.250 e. The van der Waals surface area contributed by atoms with Crippen molar-refractivity contribution >= 4 is 11.9 Å². The molecule has 0 aliphatic carbocycles. The third kappa shape index (κ3) is 4.34. The van der Waals surface area contributed by atoms with E-state index in [1.54, 1.807) is 6.20 Å². The fourth-order valence-corrected chi connectivity index (χ4v) is 5.24. The lowest BCUT2D eigenvalue weighted by atomic mass is 9.69. The van der Waals surface area contributed by atoms with Crippen molar-refractivity contribution in [3.63, 3.8) is 0 Å². The summed E-state index contributed by atoms with van der Waals surface area (Å²) in [6, 6.07) is 3.81. The predicted molar refractivity (Wildman–Crippen MR) is 119 cm³/mol. The molecule has 166 valence electrons. The number of aryl methyl sites for hydroxylation is 1. The summed E-state index contributed by atoms with van der Waals surface area (Å²) in [5, 5.41) is 3.17. The fraction of sp³-hybridized carbons (Fsp3) is 0.609. The van der Waals surface area contributed by atoms with E-state index >= 15 is 0 Å². The number of aromatic amines is 1. The Morgan fingerprint density at radius 3 is 2.94 bits per heavy atom. The molecule has 0 spiro atoms. The van der Waals surface area contributed by atoms with Crippen LogP contribution in [0.25, 0.3) is 0 Å². The summed E-state index contributed by atoms with van der Waals surface area (Å²) >= 11 is 0. The van der Waals surface area contributed by atoms with Crippen LogP contribution in [0.4, 0.5) is 5.95 Å². The Bertz CT molecular complexity index is 990. The van der Waals surface area contributed by atoms with Crippen molar-refractivity contribution in [3.8, 4) is 0 Å². The first kappa shape index (κ1) is 21.5. The first-order valence-electron chi connectivity index (χ1n) is 11.3. The summed E-state index contributed by atoms with van der Waals surface area (Å²) in [6.45, 7) is 6.86. The van der Waals surface area contributed by atoms with Crippen LogP contribution in [-0.4, -0.2) is 44.5 Å². The van der Waals surface area contributed by atoms with Crippen molar-refractivity contribution in [1.82, 2.24) is 25.3 Å². The van der Waals surface area contributed by atoms with E-state index < -0.39 is 5.41 Å². The standard InChI is InChI=1S/C23H32N6O2/c1-15(2)6-9-23(21(31)24-11-8-17-12-20(30)27-14-26-17)13-18-4-5-19(23)29(18)22-25-10-7-16(3)28-22/h7,10,12,14-15,18-19H,4-6,8-9,11,13H2,1-3H3,(H,24,31)(H,26,27,30)/t18-,19+,23+/m1/s1. The van der Waals surface area contributed by atoms with E-state index in [1.165, 1.54) is 12.4 Å². The minimum Gasteiger partial charge on any atom is -0.355 e. The number of H-pyrrole nitrogens is 1. The quantitative estimate of drug-likeness (QED) is 0.674. The van der Waals surface area contributed by atoms with Gasteiger partial charge in [0.05, 0.1) is 11.7 Å². The Morgan fingerprint density at radius 1 is 1.35 bits per heavy atom. The van der Waals surface area contributed by atoms with Crippen molar-refractivity contribution in [1.29, 1.82) is 0 Å². The minimum absolute atomic E-state index is 0.114. The largest absolute Gasteiger partial charge is 0.355 e. The van der Waals surface area contributed by atoms with Gasteiger partial charge in [0.25, 0.3) is 5.56 Å². The number of amides is 1. The first-order chi connectivity index (χ1) is 14.9. The van der Waals surface area contributed by atoms with Gasteiger partial charge in [-0.15, -0.1) is 0 Å². The molecule has 31 heavy (non-hydrogen) atoms. The van der Waals surface area contributed by atoms with E-state index in [0.717, 1.165) is 43.7 Å². The van der Waals surface area contributed by atoms with Gasteiger partial charge < -0.3 is 15.2 Å². The maximum absolute atomic E-state index is 13.6. The molecule has 8 nitrogen and oxygen atoms in total. The van der Waals surface area contributed by atoms with Crippen molar-refractivity contribution in [2.75, 3.05) is 11.4 Å². The zero-order valence-electron chi connectivity index (χ0n) is 18.6. The molecular weight excluding hydrogens is 392 g/mol. The van der Waals surface area contributed by atoms with Crippen LogP contribution in [0.15, 0.2) is 29.5 Å². The Kier molecular flexibility index (Phi) is 6.07. The Morgan fingerprint density at radius 2 is 2.19 bits per heavy atom. The van der Waals surface area contributed by atoms with Crippen LogP contribution >= 0.6 is 0 Å². The summed E-state index contributed by atoms with van der Waals surface area (Å²) in [4.78, 5) is 43.3. The van der Waals surface area contributed by atoms with Gasteiger partial charge in [-0.2, -0.15) is 0 Å². The van der Waals surface area contributed by atoms with Gasteiger partial charge in [0.1, 0.15) is 0 Å². The molecule has 2 fully saturated rings. The van der Waals surface area contributed by atoms with Crippen LogP contribution in [0, 0.1) is 18.3 Å². The number of carbonyl (C=O) groups is 1. The molecular formula is C23H32N6O2. The highest BCUT2D eigenvalue weighted by Crippen LogP contribution is 2.53. The smallest absolute Gasteiger partial charge is 0.250 e. The third-order valence-electron chi connectivity index (χ3n) is 6.77. The molecule has 0 unspecified atom stereocenters. The van der Waals surface area contributed by atoms with Crippen molar-refractivity contribution < 1.29 is 4.79 Å². The van der Waals surface area contributed by atoms with E-state index in [4.69, 9.17) is 0 Å². The van der Waals surface area contributed by atoms with Crippen LogP contribution in [-0.2, 0) is 11.2 Å². The molecule has 2 bridgehead atoms. The van der Waals surface area contributed by atoms with Crippen LogP contribution in [0.3, 0.4) is 0 Å². The molecule has 2 aliphatic rings. The number of hydrogen-bond donors (Lipinski definition) is 2. The van der Waals surface area contributed by atoms with Crippen molar-refractivity contribution in [2.45, 2.75) is 71.4 Å². The second-order valence-corrected chi connectivity index (χ2v) is 9.35. The number of nitrogens with one attached hydrogen (secondary N) is 2. The lowest BCUT2D eigenvalue weighted by Gasteiger charge is -2.36. The van der Waals surface area contributed by atoms with E-state index in [2.05, 4.69) is 44.0 Å². The zero-order valence-corrected chi connectivity index (χ0v) is 18.6. The SMILES string of the molecule is Cc1ccnc(N2[C@@H]3CC[C@H]2[C@@](CCC(C)C)(C(=O)NCCc2cc(=O)[nH]cn2)C3)n1. The molecule has 4 rings (SSSR count). The molecule has 2 aromatic heterocycles. The molecule has 2 aromatic rings. The van der Waals surface area contributed by atoms with E-state index in [9.17, 15) is 9.59 Å². The zero-order chi connectivity index (χ0) is 22.0. The van der Waals surface area contributed by atoms with Crippen LogP contribution in [0.5, 0.6) is 0 Å². The second kappa shape index (κ2) is 8.77. The number of anilines is 1. The van der Waals surface area contributed by atoms with E-state index in [-0.39, 0.29) is 17.5 Å². The number of rotatable bonds is 8. The third-order valence-corrected chi connectivity index (χ3v) is 6.77. The average Bonchev–Trinajstić information content (AvgIpc) is 3.29. The molecule has 8 heteroatoms. The molecule has 2 aliphatic heterocycles. The van der Waals surface area contributed by atoms with E-state index in [1.807, 2.05) is 13.0 Å². The summed E-state index contributed by atoms with van der Waals surface area (Å²) in [6.07, 6.45) is 8.53. The first-order valence-corrected chi connectivity index (χ1v) is 11.3. The van der Waals surface area contributed by atoms with Crippen LogP contribution in [0.2, 0.25) is 0 Å². The number of fused-ring (bicyclic) bond motifs is 2. The summed E-state index contributed by atoms with van der Waals surface area (Å²) in [5.41, 5.74) is 1.02. The number of carbonyl (C=O) groups excluding carboxylic acids is 1. The molecule has 4 heterocycles. The molecule has 3 atom stereocenters. The Hall–Kier alpha value is -2.77. The number of aromatic nitrogens is 4. The molecule has 0 aromatic carbocycles. The lowest BCUT2D eigenvalue weighted by Crippen LogP contribution is -2.50. The minimum atomic E-state index is -0.429. The Labute approximate surface area is 182 Å². The topological polar surface area (TPSA) is 104 Å². The molecule has 2 saturated heterocycles. The van der Waals surface area contributed by atoms with E-state index in [0.29, 0.717) is 30.6 Å². The average molecular weight is 425 g/mol.